The largest absolute Gasteiger partial charge is 0.316 e. The molecule has 0 aliphatic carbocycles. The molecule has 1 aromatic heterocycles. The first-order valence-corrected chi connectivity index (χ1v) is 9.05. The van der Waals surface area contributed by atoms with Crippen molar-refractivity contribution in [2.45, 2.75) is 33.7 Å². The molecular weight excluding hydrogens is 330 g/mol. The van der Waals surface area contributed by atoms with E-state index in [4.69, 9.17) is 5.26 Å². The summed E-state index contributed by atoms with van der Waals surface area (Å²) < 4.78 is 3.26. The number of thiazole rings is 1. The maximum atomic E-state index is 12.5. The first-order valence-electron chi connectivity index (χ1n) is 8.23. The molecule has 5 heteroatoms. The number of amides is 1. The van der Waals surface area contributed by atoms with E-state index in [0.717, 1.165) is 28.0 Å². The number of hydrogen-bond acceptors (Lipinski definition) is 3. The third-order valence-corrected chi connectivity index (χ3v) is 5.24. The van der Waals surface area contributed by atoms with Crippen LogP contribution in [0.5, 0.6) is 0 Å². The monoisotopic (exact) mass is 349 g/mol. The van der Waals surface area contributed by atoms with Gasteiger partial charge in [-0.05, 0) is 67.8 Å². The van der Waals surface area contributed by atoms with Crippen molar-refractivity contribution in [3.05, 3.63) is 63.5 Å². The summed E-state index contributed by atoms with van der Waals surface area (Å²) in [5.74, 6) is -0.283. The first-order chi connectivity index (χ1) is 12.0. The fraction of sp³-hybridized carbons (Fsp3) is 0.250. The van der Waals surface area contributed by atoms with Gasteiger partial charge >= 0.3 is 0 Å². The Morgan fingerprint density at radius 3 is 2.52 bits per heavy atom. The zero-order chi connectivity index (χ0) is 18.0. The van der Waals surface area contributed by atoms with Crippen LogP contribution in [-0.2, 0) is 6.54 Å². The van der Waals surface area contributed by atoms with Gasteiger partial charge in [0, 0.05) is 12.1 Å². The lowest BCUT2D eigenvalue weighted by atomic mass is 10.1. The topological polar surface area (TPSA) is 58.1 Å². The molecule has 0 aliphatic heterocycles. The highest BCUT2D eigenvalue weighted by atomic mass is 32.1. The van der Waals surface area contributed by atoms with Crippen molar-refractivity contribution in [1.29, 1.82) is 5.26 Å². The van der Waals surface area contributed by atoms with E-state index in [1.54, 1.807) is 35.6 Å². The van der Waals surface area contributed by atoms with E-state index in [9.17, 15) is 4.79 Å². The van der Waals surface area contributed by atoms with Gasteiger partial charge in [0.05, 0.1) is 21.8 Å². The molecule has 0 atom stereocenters. The molecule has 2 aromatic carbocycles. The van der Waals surface area contributed by atoms with Crippen LogP contribution in [-0.4, -0.2) is 10.5 Å². The lowest BCUT2D eigenvalue weighted by Gasteiger charge is -2.05. The maximum Gasteiger partial charge on any atom is 0.279 e. The van der Waals surface area contributed by atoms with Gasteiger partial charge < -0.3 is 4.57 Å². The number of nitrogens with zero attached hydrogens (tertiary/aromatic N) is 3. The third kappa shape index (κ3) is 3.40. The Labute approximate surface area is 150 Å². The van der Waals surface area contributed by atoms with Gasteiger partial charge in [0.25, 0.3) is 5.91 Å². The van der Waals surface area contributed by atoms with Gasteiger partial charge in [-0.3, -0.25) is 4.79 Å². The summed E-state index contributed by atoms with van der Waals surface area (Å²) in [6.07, 6.45) is 0.969. The van der Waals surface area contributed by atoms with E-state index in [2.05, 4.69) is 48.5 Å². The number of aromatic nitrogens is 1. The summed E-state index contributed by atoms with van der Waals surface area (Å²) in [5, 5.41) is 8.86. The molecule has 4 nitrogen and oxygen atoms in total. The van der Waals surface area contributed by atoms with E-state index >= 15 is 0 Å². The molecule has 0 spiro atoms. The Morgan fingerprint density at radius 1 is 1.20 bits per heavy atom. The van der Waals surface area contributed by atoms with Crippen molar-refractivity contribution in [1.82, 2.24) is 4.57 Å². The Kier molecular flexibility index (Phi) is 4.82. The van der Waals surface area contributed by atoms with E-state index in [0.29, 0.717) is 11.1 Å². The zero-order valence-corrected chi connectivity index (χ0v) is 15.4. The zero-order valence-electron chi connectivity index (χ0n) is 14.5. The minimum Gasteiger partial charge on any atom is -0.316 e. The lowest BCUT2D eigenvalue weighted by Crippen LogP contribution is -2.16. The molecule has 0 N–H and O–H groups in total. The van der Waals surface area contributed by atoms with Crippen molar-refractivity contribution < 1.29 is 4.79 Å². The Bertz CT molecular complexity index is 1050. The van der Waals surface area contributed by atoms with Crippen molar-refractivity contribution in [2.24, 2.45) is 4.99 Å². The van der Waals surface area contributed by atoms with Gasteiger partial charge in [-0.1, -0.05) is 18.3 Å². The molecule has 1 heterocycles. The third-order valence-electron chi connectivity index (χ3n) is 4.20. The maximum absolute atomic E-state index is 12.5. The molecule has 0 bridgehead atoms. The second kappa shape index (κ2) is 7.04. The van der Waals surface area contributed by atoms with E-state index in [1.165, 1.54) is 11.1 Å². The molecule has 126 valence electrons. The van der Waals surface area contributed by atoms with Crippen LogP contribution in [0.1, 0.15) is 40.4 Å². The van der Waals surface area contributed by atoms with Crippen LogP contribution >= 0.6 is 11.3 Å². The number of aryl methyl sites for hydroxylation is 3. The van der Waals surface area contributed by atoms with Gasteiger partial charge in [-0.15, -0.1) is 0 Å². The first kappa shape index (κ1) is 17.1. The molecule has 0 saturated carbocycles. The number of carbonyl (C=O) groups is 1. The van der Waals surface area contributed by atoms with Crippen molar-refractivity contribution >= 4 is 27.5 Å². The minimum absolute atomic E-state index is 0.283. The summed E-state index contributed by atoms with van der Waals surface area (Å²) >= 11 is 1.54. The van der Waals surface area contributed by atoms with Crippen LogP contribution < -0.4 is 4.80 Å². The van der Waals surface area contributed by atoms with Crippen LogP contribution in [0, 0.1) is 25.2 Å². The minimum atomic E-state index is -0.283. The van der Waals surface area contributed by atoms with E-state index < -0.39 is 0 Å². The summed E-state index contributed by atoms with van der Waals surface area (Å²) in [5.41, 5.74) is 4.63. The predicted octanol–water partition coefficient (Wildman–Crippen LogP) is 4.34. The number of carbonyl (C=O) groups excluding carboxylic acids is 1. The molecule has 3 rings (SSSR count). The number of rotatable bonds is 3. The number of fused-ring (bicyclic) bond motifs is 1. The number of hydrogen-bond donors (Lipinski definition) is 0. The number of nitriles is 1. The van der Waals surface area contributed by atoms with Crippen LogP contribution in [0.2, 0.25) is 0 Å². The van der Waals surface area contributed by atoms with Gasteiger partial charge in [0.15, 0.2) is 4.80 Å². The quantitative estimate of drug-likeness (QED) is 0.706. The molecule has 0 unspecified atom stereocenters. The molecule has 25 heavy (non-hydrogen) atoms. The summed E-state index contributed by atoms with van der Waals surface area (Å²) in [4.78, 5) is 17.6. The SMILES string of the molecule is CCCn1c(=NC(=O)c2ccc(C#N)cc2)sc2cc(C)c(C)cc21. The molecular formula is C20H19N3OS. The highest BCUT2D eigenvalue weighted by Gasteiger charge is 2.10. The average Bonchev–Trinajstić information content (AvgIpc) is 2.92. The van der Waals surface area contributed by atoms with Crippen molar-refractivity contribution in [2.75, 3.05) is 0 Å². The average molecular weight is 349 g/mol. The number of benzene rings is 2. The second-order valence-corrected chi connectivity index (χ2v) is 7.06. The Morgan fingerprint density at radius 2 is 1.88 bits per heavy atom. The Balaban J connectivity index is 2.12. The van der Waals surface area contributed by atoms with Crippen LogP contribution in [0.15, 0.2) is 41.4 Å². The standard InChI is InChI=1S/C20H19N3OS/c1-4-9-23-17-10-13(2)14(3)11-18(17)25-20(23)22-19(24)16-7-5-15(12-21)6-8-16/h5-8,10-11H,4,9H2,1-3H3. The molecule has 0 radical (unpaired) electrons. The second-order valence-electron chi connectivity index (χ2n) is 6.05. The Hall–Kier alpha value is -2.71. The van der Waals surface area contributed by atoms with E-state index in [-0.39, 0.29) is 5.91 Å². The smallest absolute Gasteiger partial charge is 0.279 e. The molecule has 3 aromatic rings. The van der Waals surface area contributed by atoms with Crippen LogP contribution in [0.4, 0.5) is 0 Å². The fourth-order valence-electron chi connectivity index (χ4n) is 2.69. The molecule has 0 aliphatic rings. The highest BCUT2D eigenvalue weighted by molar-refractivity contribution is 7.16. The predicted molar refractivity (Wildman–Crippen MR) is 101 cm³/mol. The fourth-order valence-corrected chi connectivity index (χ4v) is 3.82. The molecule has 0 saturated heterocycles. The summed E-state index contributed by atoms with van der Waals surface area (Å²) in [7, 11) is 0. The van der Waals surface area contributed by atoms with Crippen LogP contribution in [0.3, 0.4) is 0 Å². The summed E-state index contributed by atoms with van der Waals surface area (Å²) in [6, 6.07) is 13.0. The highest BCUT2D eigenvalue weighted by Crippen LogP contribution is 2.22. The van der Waals surface area contributed by atoms with Gasteiger partial charge in [-0.25, -0.2) is 0 Å². The van der Waals surface area contributed by atoms with Gasteiger partial charge in [0.2, 0.25) is 0 Å². The van der Waals surface area contributed by atoms with E-state index in [1.807, 2.05) is 0 Å². The van der Waals surface area contributed by atoms with Gasteiger partial charge in [-0.2, -0.15) is 10.3 Å². The van der Waals surface area contributed by atoms with Gasteiger partial charge in [0.1, 0.15) is 0 Å². The normalized spacial score (nSPS) is 11.7. The lowest BCUT2D eigenvalue weighted by molar-refractivity contribution is 0.0998. The van der Waals surface area contributed by atoms with Crippen LogP contribution in [0.25, 0.3) is 10.2 Å². The molecule has 1 amide bonds. The van der Waals surface area contributed by atoms with Crippen molar-refractivity contribution in [3.8, 4) is 6.07 Å². The summed E-state index contributed by atoms with van der Waals surface area (Å²) in [6.45, 7) is 7.13. The molecule has 0 fully saturated rings. The van der Waals surface area contributed by atoms with Crippen molar-refractivity contribution in [3.63, 3.8) is 0 Å².